The number of hydrogen-bond acceptors (Lipinski definition) is 3. The summed E-state index contributed by atoms with van der Waals surface area (Å²) in [6.45, 7) is 2.48. The second-order valence-corrected chi connectivity index (χ2v) is 4.52. The number of rotatable bonds is 3. The summed E-state index contributed by atoms with van der Waals surface area (Å²) < 4.78 is 0. The fraction of sp³-hybridized carbons (Fsp3) is 0.385. The van der Waals surface area contributed by atoms with E-state index in [2.05, 4.69) is 10.6 Å². The quantitative estimate of drug-likeness (QED) is 0.755. The van der Waals surface area contributed by atoms with Gasteiger partial charge in [-0.3, -0.25) is 4.79 Å². The number of hydrogen-bond donors (Lipinski definition) is 3. The highest BCUT2D eigenvalue weighted by Crippen LogP contribution is 2.19. The summed E-state index contributed by atoms with van der Waals surface area (Å²) in [4.78, 5) is 21.9. The Balaban J connectivity index is 2.05. The largest absolute Gasteiger partial charge is 0.478 e. The van der Waals surface area contributed by atoms with Crippen LogP contribution in [0, 0.1) is 6.92 Å². The van der Waals surface area contributed by atoms with Crippen LogP contribution in [0.1, 0.15) is 28.8 Å². The molecule has 18 heavy (non-hydrogen) atoms. The van der Waals surface area contributed by atoms with Crippen LogP contribution in [-0.2, 0) is 4.79 Å². The summed E-state index contributed by atoms with van der Waals surface area (Å²) in [5, 5.41) is 15.0. The topological polar surface area (TPSA) is 78.4 Å². The Hall–Kier alpha value is -2.04. The van der Waals surface area contributed by atoms with Crippen molar-refractivity contribution in [2.24, 2.45) is 0 Å². The van der Waals surface area contributed by atoms with Crippen molar-refractivity contribution in [3.05, 3.63) is 29.3 Å². The Morgan fingerprint density at radius 3 is 2.83 bits per heavy atom. The number of nitrogens with one attached hydrogen (secondary N) is 2. The molecule has 0 saturated carbocycles. The van der Waals surface area contributed by atoms with E-state index in [4.69, 9.17) is 5.11 Å². The summed E-state index contributed by atoms with van der Waals surface area (Å²) in [5.41, 5.74) is 2.10. The van der Waals surface area contributed by atoms with Gasteiger partial charge in [0.15, 0.2) is 0 Å². The monoisotopic (exact) mass is 248 g/mol. The normalized spacial score (nSPS) is 19.2. The molecule has 1 atom stereocenters. The number of benzene rings is 1. The van der Waals surface area contributed by atoms with Crippen molar-refractivity contribution < 1.29 is 14.7 Å². The van der Waals surface area contributed by atoms with E-state index in [1.807, 2.05) is 6.92 Å². The maximum atomic E-state index is 11.0. The van der Waals surface area contributed by atoms with Gasteiger partial charge in [0.25, 0.3) is 0 Å². The van der Waals surface area contributed by atoms with Gasteiger partial charge in [0.1, 0.15) is 0 Å². The lowest BCUT2D eigenvalue weighted by Crippen LogP contribution is -2.41. The number of piperidine rings is 1. The van der Waals surface area contributed by atoms with Crippen molar-refractivity contribution in [2.45, 2.75) is 25.8 Å². The van der Waals surface area contributed by atoms with Crippen LogP contribution in [0.2, 0.25) is 0 Å². The van der Waals surface area contributed by atoms with E-state index in [0.717, 1.165) is 17.7 Å². The van der Waals surface area contributed by atoms with Gasteiger partial charge >= 0.3 is 5.97 Å². The third-order valence-electron chi connectivity index (χ3n) is 3.10. The van der Waals surface area contributed by atoms with Crippen LogP contribution in [0.3, 0.4) is 0 Å². The Kier molecular flexibility index (Phi) is 3.50. The van der Waals surface area contributed by atoms with Crippen molar-refractivity contribution in [3.63, 3.8) is 0 Å². The van der Waals surface area contributed by atoms with Crippen molar-refractivity contribution in [2.75, 3.05) is 11.9 Å². The highest BCUT2D eigenvalue weighted by molar-refractivity contribution is 5.88. The fourth-order valence-electron chi connectivity index (χ4n) is 2.03. The number of carbonyl (C=O) groups is 2. The molecule has 96 valence electrons. The van der Waals surface area contributed by atoms with Crippen LogP contribution < -0.4 is 10.6 Å². The van der Waals surface area contributed by atoms with Crippen LogP contribution in [0.5, 0.6) is 0 Å². The highest BCUT2D eigenvalue weighted by atomic mass is 16.4. The molecule has 0 radical (unpaired) electrons. The van der Waals surface area contributed by atoms with Gasteiger partial charge in [-0.2, -0.15) is 0 Å². The predicted molar refractivity (Wildman–Crippen MR) is 67.8 cm³/mol. The van der Waals surface area contributed by atoms with E-state index in [1.54, 1.807) is 18.2 Å². The molecular formula is C13H16N2O3. The molecule has 1 aromatic rings. The minimum Gasteiger partial charge on any atom is -0.478 e. The van der Waals surface area contributed by atoms with Crippen molar-refractivity contribution in [1.29, 1.82) is 0 Å². The molecule has 1 unspecified atom stereocenters. The van der Waals surface area contributed by atoms with E-state index in [0.29, 0.717) is 13.0 Å². The number of carboxylic acids is 1. The van der Waals surface area contributed by atoms with Crippen LogP contribution >= 0.6 is 0 Å². The number of aryl methyl sites for hydroxylation is 1. The lowest BCUT2D eigenvalue weighted by atomic mass is 10.0. The van der Waals surface area contributed by atoms with Gasteiger partial charge in [-0.1, -0.05) is 0 Å². The van der Waals surface area contributed by atoms with Gasteiger partial charge in [-0.05, 0) is 37.1 Å². The van der Waals surface area contributed by atoms with E-state index in [-0.39, 0.29) is 17.5 Å². The molecule has 5 heteroatoms. The minimum absolute atomic E-state index is 0.0889. The van der Waals surface area contributed by atoms with Gasteiger partial charge < -0.3 is 15.7 Å². The fourth-order valence-corrected chi connectivity index (χ4v) is 2.03. The molecular weight excluding hydrogens is 232 g/mol. The number of carboxylic acid groups (broad SMARTS) is 1. The molecule has 2 rings (SSSR count). The first-order chi connectivity index (χ1) is 8.56. The smallest absolute Gasteiger partial charge is 0.335 e. The number of carbonyl (C=O) groups excluding carboxylic acids is 1. The summed E-state index contributed by atoms with van der Waals surface area (Å²) in [6, 6.07) is 5.21. The first-order valence-electron chi connectivity index (χ1n) is 5.93. The van der Waals surface area contributed by atoms with Crippen molar-refractivity contribution >= 4 is 17.6 Å². The first-order valence-corrected chi connectivity index (χ1v) is 5.93. The lowest BCUT2D eigenvalue weighted by molar-refractivity contribution is -0.122. The van der Waals surface area contributed by atoms with E-state index >= 15 is 0 Å². The highest BCUT2D eigenvalue weighted by Gasteiger charge is 2.18. The zero-order chi connectivity index (χ0) is 13.1. The molecule has 0 aromatic heterocycles. The van der Waals surface area contributed by atoms with Crippen LogP contribution in [0.15, 0.2) is 18.2 Å². The maximum absolute atomic E-state index is 11.0. The molecule has 3 N–H and O–H groups in total. The average Bonchev–Trinajstić information content (AvgIpc) is 2.34. The molecule has 5 nitrogen and oxygen atoms in total. The molecule has 1 saturated heterocycles. The summed E-state index contributed by atoms with van der Waals surface area (Å²) in [5.74, 6) is -0.833. The van der Waals surface area contributed by atoms with Gasteiger partial charge in [0.2, 0.25) is 5.91 Å². The second-order valence-electron chi connectivity index (χ2n) is 4.52. The Morgan fingerprint density at radius 2 is 2.28 bits per heavy atom. The van der Waals surface area contributed by atoms with Crippen LogP contribution in [0.25, 0.3) is 0 Å². The Morgan fingerprint density at radius 1 is 1.50 bits per heavy atom. The third-order valence-corrected chi connectivity index (χ3v) is 3.10. The molecule has 1 fully saturated rings. The van der Waals surface area contributed by atoms with E-state index in [9.17, 15) is 9.59 Å². The summed E-state index contributed by atoms with van der Waals surface area (Å²) in [6.07, 6.45) is 1.33. The number of anilines is 1. The van der Waals surface area contributed by atoms with E-state index < -0.39 is 5.97 Å². The average molecular weight is 248 g/mol. The van der Waals surface area contributed by atoms with Gasteiger partial charge in [0.05, 0.1) is 5.56 Å². The summed E-state index contributed by atoms with van der Waals surface area (Å²) >= 11 is 0. The molecule has 1 heterocycles. The number of aromatic carboxylic acids is 1. The minimum atomic E-state index is -0.922. The van der Waals surface area contributed by atoms with Crippen molar-refractivity contribution in [3.8, 4) is 0 Å². The molecule has 0 aliphatic carbocycles. The van der Waals surface area contributed by atoms with E-state index in [1.165, 1.54) is 0 Å². The Labute approximate surface area is 105 Å². The van der Waals surface area contributed by atoms with Crippen LogP contribution in [-0.4, -0.2) is 29.6 Å². The zero-order valence-electron chi connectivity index (χ0n) is 10.2. The molecule has 1 aliphatic rings. The molecule has 1 amide bonds. The van der Waals surface area contributed by atoms with Gasteiger partial charge in [-0.15, -0.1) is 0 Å². The standard InChI is InChI=1S/C13H16N2O3/c1-8-6-9(13(17)18)2-4-11(8)15-10-3-5-12(16)14-7-10/h2,4,6,10,15H,3,5,7H2,1H3,(H,14,16)(H,17,18). The molecule has 0 spiro atoms. The third kappa shape index (κ3) is 2.80. The van der Waals surface area contributed by atoms with Gasteiger partial charge in [-0.25, -0.2) is 4.79 Å². The zero-order valence-corrected chi connectivity index (χ0v) is 10.2. The van der Waals surface area contributed by atoms with Crippen LogP contribution in [0.4, 0.5) is 5.69 Å². The first kappa shape index (κ1) is 12.4. The van der Waals surface area contributed by atoms with Crippen molar-refractivity contribution in [1.82, 2.24) is 5.32 Å². The molecule has 1 aromatic carbocycles. The lowest BCUT2D eigenvalue weighted by Gasteiger charge is -2.25. The van der Waals surface area contributed by atoms with Gasteiger partial charge in [0, 0.05) is 24.7 Å². The predicted octanol–water partition coefficient (Wildman–Crippen LogP) is 1.38. The SMILES string of the molecule is Cc1cc(C(=O)O)ccc1NC1CCC(=O)NC1. The molecule has 1 aliphatic heterocycles. The maximum Gasteiger partial charge on any atom is 0.335 e. The Bertz CT molecular complexity index is 475. The molecule has 0 bridgehead atoms. The number of amides is 1. The summed E-state index contributed by atoms with van der Waals surface area (Å²) in [7, 11) is 0. The second kappa shape index (κ2) is 5.08.